The molecular formula is C28H38N3O4P. The zero-order chi connectivity index (χ0) is 25.4. The van der Waals surface area contributed by atoms with E-state index in [0.717, 1.165) is 24.0 Å². The van der Waals surface area contributed by atoms with Gasteiger partial charge in [-0.05, 0) is 72.1 Å². The third kappa shape index (κ3) is 7.15. The van der Waals surface area contributed by atoms with Crippen LogP contribution >= 0.6 is 7.60 Å². The van der Waals surface area contributed by atoms with E-state index in [0.29, 0.717) is 24.7 Å². The van der Waals surface area contributed by atoms with Crippen molar-refractivity contribution in [2.45, 2.75) is 70.9 Å². The van der Waals surface area contributed by atoms with E-state index in [4.69, 9.17) is 9.25 Å². The maximum absolute atomic E-state index is 13.0. The first-order valence-corrected chi connectivity index (χ1v) is 14.9. The number of hydrogen-bond donors (Lipinski definition) is 3. The lowest BCUT2D eigenvalue weighted by atomic mass is 9.81. The maximum atomic E-state index is 13.0. The minimum absolute atomic E-state index is 0.0758. The van der Waals surface area contributed by atoms with Gasteiger partial charge in [-0.1, -0.05) is 63.4 Å². The molecule has 1 saturated carbocycles. The van der Waals surface area contributed by atoms with Gasteiger partial charge in [0.15, 0.2) is 0 Å². The summed E-state index contributed by atoms with van der Waals surface area (Å²) in [5.74, 6) is 0.574. The molecule has 2 aliphatic rings. The highest BCUT2D eigenvalue weighted by atomic mass is 31.2. The number of aryl methyl sites for hydroxylation is 1. The van der Waals surface area contributed by atoms with Crippen LogP contribution in [-0.2, 0) is 31.2 Å². The normalized spacial score (nSPS) is 16.3. The van der Waals surface area contributed by atoms with Crippen LogP contribution in [0.3, 0.4) is 0 Å². The predicted octanol–water partition coefficient (Wildman–Crippen LogP) is 6.48. The van der Waals surface area contributed by atoms with Gasteiger partial charge in [0.1, 0.15) is 0 Å². The summed E-state index contributed by atoms with van der Waals surface area (Å²) in [6, 6.07) is 14.1. The lowest BCUT2D eigenvalue weighted by molar-refractivity contribution is -0.112. The molecule has 0 saturated heterocycles. The Morgan fingerprint density at radius 3 is 2.31 bits per heavy atom. The number of anilines is 1. The third-order valence-corrected chi connectivity index (χ3v) is 8.38. The molecule has 1 fully saturated rings. The van der Waals surface area contributed by atoms with Crippen LogP contribution in [0.4, 0.5) is 5.69 Å². The van der Waals surface area contributed by atoms with Gasteiger partial charge >= 0.3 is 7.60 Å². The highest BCUT2D eigenvalue weighted by Gasteiger charge is 2.26. The molecular weight excluding hydrogens is 473 g/mol. The highest BCUT2D eigenvalue weighted by Crippen LogP contribution is 2.49. The summed E-state index contributed by atoms with van der Waals surface area (Å²) in [7, 11) is -3.40. The summed E-state index contributed by atoms with van der Waals surface area (Å²) in [6.45, 7) is 4.72. The van der Waals surface area contributed by atoms with Gasteiger partial charge in [0.05, 0.1) is 6.16 Å². The van der Waals surface area contributed by atoms with Gasteiger partial charge in [-0.3, -0.25) is 9.36 Å². The van der Waals surface area contributed by atoms with E-state index in [2.05, 4.69) is 40.6 Å². The molecule has 0 aliphatic heterocycles. The molecule has 0 unspecified atom stereocenters. The van der Waals surface area contributed by atoms with Gasteiger partial charge in [-0.15, -0.1) is 0 Å². The smallest absolute Gasteiger partial charge is 0.322 e. The zero-order valence-corrected chi connectivity index (χ0v) is 22.2. The molecule has 194 valence electrons. The average molecular weight is 512 g/mol. The molecule has 2 aromatic rings. The number of carbonyl (C=O) groups is 1. The molecule has 36 heavy (non-hydrogen) atoms. The van der Waals surface area contributed by atoms with Crippen molar-refractivity contribution in [2.75, 3.05) is 18.4 Å². The number of benzene rings is 2. The summed E-state index contributed by atoms with van der Waals surface area (Å²) in [4.78, 5) is 13.0. The Morgan fingerprint density at radius 1 is 0.944 bits per heavy atom. The van der Waals surface area contributed by atoms with Crippen molar-refractivity contribution >= 4 is 25.3 Å². The SMILES string of the molecule is CCNOP(=O)(Cc1ccc(NC(=O)C2=Cc3cc(C4CCCCC4)ccc3CC2)cc1)ONCC. The number of carbonyl (C=O) groups excluding carboxylic acids is 1. The van der Waals surface area contributed by atoms with Gasteiger partial charge in [-0.2, -0.15) is 11.0 Å². The number of hydrogen-bond acceptors (Lipinski definition) is 6. The van der Waals surface area contributed by atoms with E-state index < -0.39 is 7.60 Å². The Labute approximate surface area is 214 Å². The van der Waals surface area contributed by atoms with Crippen LogP contribution < -0.4 is 16.3 Å². The fraction of sp³-hybridized carbons (Fsp3) is 0.464. The molecule has 1 amide bonds. The first-order valence-electron chi connectivity index (χ1n) is 13.2. The van der Waals surface area contributed by atoms with Crippen LogP contribution in [-0.4, -0.2) is 19.0 Å². The second-order valence-corrected chi connectivity index (χ2v) is 11.5. The van der Waals surface area contributed by atoms with Gasteiger partial charge in [0.2, 0.25) is 0 Å². The zero-order valence-electron chi connectivity index (χ0n) is 21.3. The van der Waals surface area contributed by atoms with Crippen molar-refractivity contribution in [3.05, 3.63) is 70.3 Å². The Hall–Kier alpha value is -2.28. The fourth-order valence-corrected chi connectivity index (χ4v) is 6.39. The third-order valence-electron chi connectivity index (χ3n) is 6.82. The summed E-state index contributed by atoms with van der Waals surface area (Å²) in [6.07, 6.45) is 10.3. The van der Waals surface area contributed by atoms with Gasteiger partial charge in [-0.25, -0.2) is 9.25 Å². The first kappa shape index (κ1) is 26.8. The molecule has 7 nitrogen and oxygen atoms in total. The molecule has 2 aromatic carbocycles. The van der Waals surface area contributed by atoms with Crippen LogP contribution in [0.15, 0.2) is 48.0 Å². The molecule has 0 atom stereocenters. The molecule has 0 aromatic heterocycles. The van der Waals surface area contributed by atoms with Gasteiger partial charge < -0.3 is 5.32 Å². The molecule has 3 N–H and O–H groups in total. The van der Waals surface area contributed by atoms with Crippen molar-refractivity contribution in [3.8, 4) is 0 Å². The Kier molecular flexibility index (Phi) is 9.52. The molecule has 2 aliphatic carbocycles. The largest absolute Gasteiger partial charge is 0.367 e. The minimum Gasteiger partial charge on any atom is -0.322 e. The van der Waals surface area contributed by atoms with Crippen LogP contribution in [0.5, 0.6) is 0 Å². The summed E-state index contributed by atoms with van der Waals surface area (Å²) in [5.41, 5.74) is 11.5. The van der Waals surface area contributed by atoms with E-state index in [1.165, 1.54) is 48.8 Å². The Balaban J connectivity index is 1.40. The number of rotatable bonds is 11. The molecule has 4 rings (SSSR count). The van der Waals surface area contributed by atoms with Crippen LogP contribution in [0, 0.1) is 0 Å². The van der Waals surface area contributed by atoms with E-state index >= 15 is 0 Å². The van der Waals surface area contributed by atoms with E-state index in [9.17, 15) is 9.36 Å². The average Bonchev–Trinajstić information content (AvgIpc) is 2.92. The lowest BCUT2D eigenvalue weighted by Gasteiger charge is -2.24. The highest BCUT2D eigenvalue weighted by molar-refractivity contribution is 7.52. The summed E-state index contributed by atoms with van der Waals surface area (Å²) < 4.78 is 23.5. The molecule has 8 heteroatoms. The van der Waals surface area contributed by atoms with Crippen molar-refractivity contribution < 1.29 is 18.6 Å². The van der Waals surface area contributed by atoms with E-state index in [1.807, 2.05) is 38.1 Å². The molecule has 0 heterocycles. The topological polar surface area (TPSA) is 88.7 Å². The van der Waals surface area contributed by atoms with E-state index in [-0.39, 0.29) is 12.1 Å². The standard InChI is InChI=1S/C28H38N3O4P/c1-3-29-34-36(33,35-30-4-2)20-21-10-16-27(17-11-21)31-28(32)25-15-13-23-12-14-24(18-26(23)19-25)22-8-6-5-7-9-22/h10-12,14,16-19,22,29-30H,3-9,13,15,20H2,1-2H3,(H,31,32). The molecule has 0 bridgehead atoms. The minimum atomic E-state index is -3.40. The lowest BCUT2D eigenvalue weighted by Crippen LogP contribution is -2.19. The second kappa shape index (κ2) is 12.8. The van der Waals surface area contributed by atoms with Gasteiger partial charge in [0, 0.05) is 24.4 Å². The number of amides is 1. The number of fused-ring (bicyclic) bond motifs is 1. The van der Waals surface area contributed by atoms with Crippen molar-refractivity contribution in [2.24, 2.45) is 0 Å². The quantitative estimate of drug-likeness (QED) is 0.236. The summed E-state index contributed by atoms with van der Waals surface area (Å²) >= 11 is 0. The first-order chi connectivity index (χ1) is 17.5. The Bertz CT molecular complexity index is 1100. The van der Waals surface area contributed by atoms with Crippen LogP contribution in [0.1, 0.15) is 80.5 Å². The van der Waals surface area contributed by atoms with Crippen molar-refractivity contribution in [1.29, 1.82) is 0 Å². The maximum Gasteiger partial charge on any atom is 0.367 e. The number of nitrogens with one attached hydrogen (secondary N) is 3. The molecule has 0 radical (unpaired) electrons. The fourth-order valence-electron chi connectivity index (χ4n) is 4.91. The van der Waals surface area contributed by atoms with Crippen molar-refractivity contribution in [3.63, 3.8) is 0 Å². The second-order valence-electron chi connectivity index (χ2n) is 9.56. The van der Waals surface area contributed by atoms with Crippen LogP contribution in [0.2, 0.25) is 0 Å². The monoisotopic (exact) mass is 511 g/mol. The molecule has 0 spiro atoms. The Morgan fingerprint density at radius 2 is 1.64 bits per heavy atom. The van der Waals surface area contributed by atoms with Gasteiger partial charge in [0.25, 0.3) is 5.91 Å². The van der Waals surface area contributed by atoms with E-state index in [1.54, 1.807) is 0 Å². The number of hydroxylamine groups is 2. The van der Waals surface area contributed by atoms with Crippen molar-refractivity contribution in [1.82, 2.24) is 11.0 Å². The summed E-state index contributed by atoms with van der Waals surface area (Å²) in [5, 5.41) is 3.02. The predicted molar refractivity (Wildman–Crippen MR) is 144 cm³/mol. The van der Waals surface area contributed by atoms with Crippen LogP contribution in [0.25, 0.3) is 6.08 Å².